The zero-order valence-electron chi connectivity index (χ0n) is 14.1. The van der Waals surface area contributed by atoms with Gasteiger partial charge in [0.15, 0.2) is 0 Å². The van der Waals surface area contributed by atoms with Crippen molar-refractivity contribution in [3.05, 3.63) is 108 Å². The summed E-state index contributed by atoms with van der Waals surface area (Å²) < 4.78 is 0. The molecular weight excluding hydrogens is 304 g/mol. The van der Waals surface area contributed by atoms with Crippen molar-refractivity contribution in [2.75, 3.05) is 0 Å². The maximum absolute atomic E-state index is 4.06. The van der Waals surface area contributed by atoms with Crippen molar-refractivity contribution in [1.82, 2.24) is 0 Å². The highest BCUT2D eigenvalue weighted by Crippen LogP contribution is 2.36. The van der Waals surface area contributed by atoms with E-state index in [2.05, 4.69) is 98.1 Å². The standard InChI is InChI=1S/C23H22Si/c1-3-17-24(2)21-15-9-7-13-19(21)23(18-11-5-4-6-12-18)20-14-8-10-16-22(20)24/h3-16,23H,1,17H2,2H3. The van der Waals surface area contributed by atoms with Crippen LogP contribution in [0.15, 0.2) is 91.5 Å². The summed E-state index contributed by atoms with van der Waals surface area (Å²) in [6.45, 7) is 6.55. The topological polar surface area (TPSA) is 0 Å². The molecule has 24 heavy (non-hydrogen) atoms. The van der Waals surface area contributed by atoms with Crippen molar-refractivity contribution in [2.24, 2.45) is 0 Å². The summed E-state index contributed by atoms with van der Waals surface area (Å²) in [4.78, 5) is 0. The average molecular weight is 327 g/mol. The number of hydrogen-bond acceptors (Lipinski definition) is 0. The maximum Gasteiger partial charge on any atom is 0.119 e. The monoisotopic (exact) mass is 326 g/mol. The predicted molar refractivity (Wildman–Crippen MR) is 106 cm³/mol. The lowest BCUT2D eigenvalue weighted by molar-refractivity contribution is 0.982. The van der Waals surface area contributed by atoms with E-state index >= 15 is 0 Å². The highest BCUT2D eigenvalue weighted by molar-refractivity contribution is 7.02. The molecule has 0 unspecified atom stereocenters. The zero-order valence-corrected chi connectivity index (χ0v) is 15.1. The summed E-state index contributed by atoms with van der Waals surface area (Å²) in [6.07, 6.45) is 2.11. The minimum absolute atomic E-state index is 0.337. The normalized spacial score (nSPS) is 21.6. The van der Waals surface area contributed by atoms with Crippen molar-refractivity contribution in [3.63, 3.8) is 0 Å². The predicted octanol–water partition coefficient (Wildman–Crippen LogP) is 4.56. The van der Waals surface area contributed by atoms with E-state index in [1.807, 2.05) is 0 Å². The molecule has 0 spiro atoms. The molecule has 0 bridgehead atoms. The molecule has 1 heterocycles. The molecule has 0 saturated carbocycles. The molecule has 3 aromatic rings. The third-order valence-corrected chi connectivity index (χ3v) is 9.81. The molecule has 0 nitrogen and oxygen atoms in total. The Hall–Kier alpha value is -2.38. The highest BCUT2D eigenvalue weighted by Gasteiger charge is 2.41. The Balaban J connectivity index is 2.04. The van der Waals surface area contributed by atoms with Crippen LogP contribution in [-0.2, 0) is 0 Å². The lowest BCUT2D eigenvalue weighted by Gasteiger charge is -2.40. The van der Waals surface area contributed by atoms with Crippen LogP contribution >= 0.6 is 0 Å². The van der Waals surface area contributed by atoms with Gasteiger partial charge < -0.3 is 0 Å². The van der Waals surface area contributed by atoms with Gasteiger partial charge in [0.05, 0.1) is 0 Å². The van der Waals surface area contributed by atoms with Gasteiger partial charge in [0.1, 0.15) is 8.07 Å². The third kappa shape index (κ3) is 2.20. The van der Waals surface area contributed by atoms with Gasteiger partial charge in [-0.15, -0.1) is 6.58 Å². The van der Waals surface area contributed by atoms with Gasteiger partial charge in [0.2, 0.25) is 0 Å². The Morgan fingerprint density at radius 3 is 1.83 bits per heavy atom. The van der Waals surface area contributed by atoms with Crippen LogP contribution in [0.3, 0.4) is 0 Å². The highest BCUT2D eigenvalue weighted by atomic mass is 28.3. The van der Waals surface area contributed by atoms with Gasteiger partial charge >= 0.3 is 0 Å². The van der Waals surface area contributed by atoms with E-state index in [0.29, 0.717) is 5.92 Å². The van der Waals surface area contributed by atoms with Gasteiger partial charge in [-0.1, -0.05) is 91.5 Å². The molecule has 1 heteroatoms. The van der Waals surface area contributed by atoms with E-state index < -0.39 is 8.07 Å². The van der Waals surface area contributed by atoms with Crippen LogP contribution in [0.25, 0.3) is 0 Å². The van der Waals surface area contributed by atoms with E-state index in [1.54, 1.807) is 10.4 Å². The Bertz CT molecular complexity index is 832. The number of rotatable bonds is 3. The summed E-state index contributed by atoms with van der Waals surface area (Å²) in [7, 11) is -1.77. The second-order valence-corrected chi connectivity index (χ2v) is 11.0. The maximum atomic E-state index is 4.06. The fourth-order valence-electron chi connectivity index (χ4n) is 4.33. The minimum atomic E-state index is -1.77. The lowest BCUT2D eigenvalue weighted by Crippen LogP contribution is -2.61. The fourth-order valence-corrected chi connectivity index (χ4v) is 8.29. The molecule has 0 radical (unpaired) electrons. The molecule has 0 atom stereocenters. The molecule has 0 aliphatic carbocycles. The van der Waals surface area contributed by atoms with Gasteiger partial charge in [0.25, 0.3) is 0 Å². The summed E-state index contributed by atoms with van der Waals surface area (Å²) in [5.41, 5.74) is 4.35. The zero-order chi connectivity index (χ0) is 16.6. The van der Waals surface area contributed by atoms with Crippen LogP contribution in [0.4, 0.5) is 0 Å². The molecule has 0 fully saturated rings. The fraction of sp³-hybridized carbons (Fsp3) is 0.130. The van der Waals surface area contributed by atoms with E-state index in [1.165, 1.54) is 16.7 Å². The van der Waals surface area contributed by atoms with E-state index in [4.69, 9.17) is 0 Å². The van der Waals surface area contributed by atoms with Gasteiger partial charge in [-0.3, -0.25) is 0 Å². The molecular formula is C23H22Si. The number of benzene rings is 3. The second-order valence-electron chi connectivity index (χ2n) is 6.84. The Labute approximate surface area is 145 Å². The van der Waals surface area contributed by atoms with Crippen LogP contribution in [0.5, 0.6) is 0 Å². The van der Waals surface area contributed by atoms with Gasteiger partial charge in [-0.2, -0.15) is 0 Å². The number of fused-ring (bicyclic) bond motifs is 2. The summed E-state index contributed by atoms with van der Waals surface area (Å²) >= 11 is 0. The molecule has 1 aliphatic rings. The first-order valence-electron chi connectivity index (χ1n) is 8.60. The molecule has 0 aromatic heterocycles. The van der Waals surface area contributed by atoms with Crippen molar-refractivity contribution < 1.29 is 0 Å². The molecule has 0 N–H and O–H groups in total. The Morgan fingerprint density at radius 1 is 0.792 bits per heavy atom. The smallest absolute Gasteiger partial charge is 0.103 e. The minimum Gasteiger partial charge on any atom is -0.103 e. The third-order valence-electron chi connectivity index (χ3n) is 5.42. The van der Waals surface area contributed by atoms with Crippen LogP contribution in [0.2, 0.25) is 12.6 Å². The van der Waals surface area contributed by atoms with Crippen molar-refractivity contribution >= 4 is 18.4 Å². The second kappa shape index (κ2) is 5.92. The molecule has 0 saturated heterocycles. The average Bonchev–Trinajstić information content (AvgIpc) is 2.63. The van der Waals surface area contributed by atoms with Crippen LogP contribution in [-0.4, -0.2) is 8.07 Å². The van der Waals surface area contributed by atoms with Crippen LogP contribution in [0, 0.1) is 0 Å². The summed E-state index contributed by atoms with van der Waals surface area (Å²) in [5, 5.41) is 3.13. The number of hydrogen-bond donors (Lipinski definition) is 0. The first kappa shape index (κ1) is 15.2. The molecule has 1 aliphatic heterocycles. The summed E-state index contributed by atoms with van der Waals surface area (Å²) in [5.74, 6) is 0.337. The first-order valence-corrected chi connectivity index (χ1v) is 11.3. The number of allylic oxidation sites excluding steroid dienone is 1. The SMILES string of the molecule is C=CC[Si]1(C)c2ccccc2C(c2ccccc2)c2ccccc21. The molecule has 4 rings (SSSR count). The van der Waals surface area contributed by atoms with Crippen molar-refractivity contribution in [3.8, 4) is 0 Å². The quantitative estimate of drug-likeness (QED) is 0.489. The molecule has 118 valence electrons. The molecule has 0 amide bonds. The van der Waals surface area contributed by atoms with Gasteiger partial charge in [-0.25, -0.2) is 0 Å². The summed E-state index contributed by atoms with van der Waals surface area (Å²) in [6, 6.07) is 30.1. The van der Waals surface area contributed by atoms with Gasteiger partial charge in [-0.05, 0) is 33.1 Å². The Kier molecular flexibility index (Phi) is 3.74. The lowest BCUT2D eigenvalue weighted by atomic mass is 9.84. The van der Waals surface area contributed by atoms with Gasteiger partial charge in [0, 0.05) is 5.92 Å². The van der Waals surface area contributed by atoms with Crippen molar-refractivity contribution in [1.29, 1.82) is 0 Å². The van der Waals surface area contributed by atoms with Crippen molar-refractivity contribution in [2.45, 2.75) is 18.5 Å². The first-order chi connectivity index (χ1) is 11.8. The van der Waals surface area contributed by atoms with E-state index in [9.17, 15) is 0 Å². The largest absolute Gasteiger partial charge is 0.119 e. The van der Waals surface area contributed by atoms with Crippen LogP contribution < -0.4 is 10.4 Å². The van der Waals surface area contributed by atoms with Crippen LogP contribution in [0.1, 0.15) is 22.6 Å². The van der Waals surface area contributed by atoms with E-state index in [0.717, 1.165) is 6.04 Å². The Morgan fingerprint density at radius 2 is 1.29 bits per heavy atom. The molecule has 3 aromatic carbocycles. The van der Waals surface area contributed by atoms with E-state index in [-0.39, 0.29) is 0 Å².